The van der Waals surface area contributed by atoms with Crippen LogP contribution in [0, 0.1) is 5.82 Å². The minimum absolute atomic E-state index is 0.0839. The Morgan fingerprint density at radius 3 is 2.64 bits per heavy atom. The maximum atomic E-state index is 13.0. The lowest BCUT2D eigenvalue weighted by atomic mass is 10.2. The molecule has 0 aromatic heterocycles. The summed E-state index contributed by atoms with van der Waals surface area (Å²) in [6, 6.07) is 5.39. The number of halogens is 1. The van der Waals surface area contributed by atoms with E-state index in [1.165, 1.54) is 0 Å². The molecule has 0 aliphatic carbocycles. The molecule has 0 bridgehead atoms. The summed E-state index contributed by atoms with van der Waals surface area (Å²) in [6.07, 6.45) is 2.71. The fraction of sp³-hybridized carbons (Fsp3) is 0.333. The minimum Gasteiger partial charge on any atom is -0.207 e. The molecule has 11 heavy (non-hydrogen) atoms. The summed E-state index contributed by atoms with van der Waals surface area (Å²) in [5.41, 5.74) is 0.794. The van der Waals surface area contributed by atoms with Crippen LogP contribution in [0.25, 0.3) is 0 Å². The minimum atomic E-state index is -0.0839. The van der Waals surface area contributed by atoms with Crippen LogP contribution < -0.4 is 0 Å². The SMILES string of the molecule is CCc1ccc(SC)cc1F. The first kappa shape index (κ1) is 8.60. The molecule has 0 saturated carbocycles. The monoisotopic (exact) mass is 170 g/mol. The fourth-order valence-corrected chi connectivity index (χ4v) is 1.37. The van der Waals surface area contributed by atoms with E-state index in [1.54, 1.807) is 17.8 Å². The van der Waals surface area contributed by atoms with Gasteiger partial charge in [0.05, 0.1) is 0 Å². The molecule has 60 valence electrons. The first-order valence-corrected chi connectivity index (χ1v) is 4.82. The molecule has 0 nitrogen and oxygen atoms in total. The van der Waals surface area contributed by atoms with Gasteiger partial charge >= 0.3 is 0 Å². The molecule has 0 saturated heterocycles. The van der Waals surface area contributed by atoms with E-state index in [1.807, 2.05) is 25.3 Å². The van der Waals surface area contributed by atoms with Crippen LogP contribution in [-0.4, -0.2) is 6.26 Å². The molecule has 0 atom stereocenters. The van der Waals surface area contributed by atoms with E-state index in [0.717, 1.165) is 16.9 Å². The second-order valence-corrected chi connectivity index (χ2v) is 3.19. The van der Waals surface area contributed by atoms with E-state index in [0.29, 0.717) is 0 Å². The van der Waals surface area contributed by atoms with Gasteiger partial charge in [0.25, 0.3) is 0 Å². The molecule has 0 radical (unpaired) electrons. The quantitative estimate of drug-likeness (QED) is 0.614. The van der Waals surface area contributed by atoms with Crippen LogP contribution in [0.15, 0.2) is 23.1 Å². The highest BCUT2D eigenvalue weighted by Crippen LogP contribution is 2.18. The first-order valence-electron chi connectivity index (χ1n) is 3.60. The molecule has 1 aromatic rings. The zero-order valence-electron chi connectivity index (χ0n) is 6.73. The van der Waals surface area contributed by atoms with E-state index in [4.69, 9.17) is 0 Å². The summed E-state index contributed by atoms with van der Waals surface area (Å²) in [5, 5.41) is 0. The van der Waals surface area contributed by atoms with Gasteiger partial charge in [-0.2, -0.15) is 0 Å². The van der Waals surface area contributed by atoms with E-state index in [2.05, 4.69) is 0 Å². The molecule has 0 aliphatic rings. The third-order valence-electron chi connectivity index (χ3n) is 1.64. The third kappa shape index (κ3) is 1.96. The van der Waals surface area contributed by atoms with Gasteiger partial charge in [0.2, 0.25) is 0 Å². The van der Waals surface area contributed by atoms with E-state index in [9.17, 15) is 4.39 Å². The van der Waals surface area contributed by atoms with Crippen LogP contribution in [0.5, 0.6) is 0 Å². The molecule has 0 N–H and O–H groups in total. The Labute approximate surface area is 70.8 Å². The third-order valence-corrected chi connectivity index (χ3v) is 2.37. The summed E-state index contributed by atoms with van der Waals surface area (Å²) in [7, 11) is 0. The van der Waals surface area contributed by atoms with E-state index < -0.39 is 0 Å². The molecule has 0 unspecified atom stereocenters. The Bertz CT molecular complexity index is 245. The average molecular weight is 170 g/mol. The number of aryl methyl sites for hydroxylation is 1. The highest BCUT2D eigenvalue weighted by atomic mass is 32.2. The molecule has 0 aliphatic heterocycles. The molecule has 0 heterocycles. The van der Waals surface area contributed by atoms with Crippen LogP contribution in [0.4, 0.5) is 4.39 Å². The topological polar surface area (TPSA) is 0 Å². The van der Waals surface area contributed by atoms with Crippen molar-refractivity contribution in [2.45, 2.75) is 18.2 Å². The smallest absolute Gasteiger partial charge is 0.127 e. The van der Waals surface area contributed by atoms with Gasteiger partial charge in [-0.15, -0.1) is 11.8 Å². The summed E-state index contributed by atoms with van der Waals surface area (Å²) in [5.74, 6) is -0.0839. The predicted molar refractivity (Wildman–Crippen MR) is 47.6 cm³/mol. The molecular formula is C9H11FS. The Morgan fingerprint density at radius 2 is 2.18 bits per heavy atom. The van der Waals surface area contributed by atoms with E-state index >= 15 is 0 Å². The molecular weight excluding hydrogens is 159 g/mol. The Morgan fingerprint density at radius 1 is 1.45 bits per heavy atom. The van der Waals surface area contributed by atoms with Gasteiger partial charge in [-0.1, -0.05) is 13.0 Å². The van der Waals surface area contributed by atoms with Gasteiger partial charge in [0.15, 0.2) is 0 Å². The van der Waals surface area contributed by atoms with Gasteiger partial charge in [-0.05, 0) is 30.4 Å². The summed E-state index contributed by atoms with van der Waals surface area (Å²) in [4.78, 5) is 0.986. The number of benzene rings is 1. The second kappa shape index (κ2) is 3.77. The van der Waals surface area contributed by atoms with Gasteiger partial charge < -0.3 is 0 Å². The Kier molecular flexibility index (Phi) is 2.94. The lowest BCUT2D eigenvalue weighted by molar-refractivity contribution is 0.608. The van der Waals surface area contributed by atoms with Gasteiger partial charge in [0.1, 0.15) is 5.82 Å². The molecule has 1 aromatic carbocycles. The number of hydrogen-bond donors (Lipinski definition) is 0. The van der Waals surface area contributed by atoms with Crippen molar-refractivity contribution >= 4 is 11.8 Å². The normalized spacial score (nSPS) is 10.1. The lowest BCUT2D eigenvalue weighted by Gasteiger charge is -2.00. The van der Waals surface area contributed by atoms with Gasteiger partial charge in [0, 0.05) is 4.90 Å². The Hall–Kier alpha value is -0.500. The van der Waals surface area contributed by atoms with Crippen molar-refractivity contribution in [2.75, 3.05) is 6.26 Å². The maximum absolute atomic E-state index is 13.0. The average Bonchev–Trinajstić information content (AvgIpc) is 2.04. The number of thioether (sulfide) groups is 1. The van der Waals surface area contributed by atoms with Crippen LogP contribution >= 0.6 is 11.8 Å². The fourth-order valence-electron chi connectivity index (χ4n) is 0.942. The van der Waals surface area contributed by atoms with Crippen LogP contribution in [-0.2, 0) is 6.42 Å². The zero-order valence-corrected chi connectivity index (χ0v) is 7.54. The van der Waals surface area contributed by atoms with Crippen molar-refractivity contribution in [3.63, 3.8) is 0 Å². The predicted octanol–water partition coefficient (Wildman–Crippen LogP) is 3.11. The maximum Gasteiger partial charge on any atom is 0.127 e. The van der Waals surface area contributed by atoms with Gasteiger partial charge in [-0.3, -0.25) is 0 Å². The van der Waals surface area contributed by atoms with Crippen molar-refractivity contribution in [3.8, 4) is 0 Å². The van der Waals surface area contributed by atoms with Crippen molar-refractivity contribution in [1.29, 1.82) is 0 Å². The standard InChI is InChI=1S/C9H11FS/c1-3-7-4-5-8(11-2)6-9(7)10/h4-6H,3H2,1-2H3. The zero-order chi connectivity index (χ0) is 8.27. The van der Waals surface area contributed by atoms with Crippen LogP contribution in [0.3, 0.4) is 0 Å². The van der Waals surface area contributed by atoms with Crippen LogP contribution in [0.2, 0.25) is 0 Å². The van der Waals surface area contributed by atoms with Crippen molar-refractivity contribution in [1.82, 2.24) is 0 Å². The van der Waals surface area contributed by atoms with Crippen LogP contribution in [0.1, 0.15) is 12.5 Å². The van der Waals surface area contributed by atoms with E-state index in [-0.39, 0.29) is 5.82 Å². The number of rotatable bonds is 2. The molecule has 0 fully saturated rings. The second-order valence-electron chi connectivity index (χ2n) is 2.31. The highest BCUT2D eigenvalue weighted by molar-refractivity contribution is 7.98. The Balaban J connectivity index is 2.99. The largest absolute Gasteiger partial charge is 0.207 e. The lowest BCUT2D eigenvalue weighted by Crippen LogP contribution is -1.86. The highest BCUT2D eigenvalue weighted by Gasteiger charge is 1.99. The molecule has 0 spiro atoms. The summed E-state index contributed by atoms with van der Waals surface area (Å²) in [6.45, 7) is 1.96. The first-order chi connectivity index (χ1) is 5.27. The van der Waals surface area contributed by atoms with Crippen molar-refractivity contribution < 1.29 is 4.39 Å². The molecule has 1 rings (SSSR count). The summed E-state index contributed by atoms with van der Waals surface area (Å²) < 4.78 is 13.0. The van der Waals surface area contributed by atoms with Crippen molar-refractivity contribution in [2.24, 2.45) is 0 Å². The van der Waals surface area contributed by atoms with Gasteiger partial charge in [-0.25, -0.2) is 4.39 Å². The number of hydrogen-bond acceptors (Lipinski definition) is 1. The van der Waals surface area contributed by atoms with Crippen molar-refractivity contribution in [3.05, 3.63) is 29.6 Å². The summed E-state index contributed by atoms with van der Waals surface area (Å²) >= 11 is 1.56. The molecule has 2 heteroatoms. The molecule has 0 amide bonds.